The zero-order valence-corrected chi connectivity index (χ0v) is 12.5. The van der Waals surface area contributed by atoms with E-state index in [4.69, 9.17) is 0 Å². The van der Waals surface area contributed by atoms with Crippen molar-refractivity contribution < 1.29 is 9.18 Å². The number of hydrogen-bond acceptors (Lipinski definition) is 1. The Bertz CT molecular complexity index is 668. The van der Waals surface area contributed by atoms with Gasteiger partial charge in [0.2, 0.25) is 0 Å². The van der Waals surface area contributed by atoms with Gasteiger partial charge < -0.3 is 10.6 Å². The van der Waals surface area contributed by atoms with Gasteiger partial charge in [-0.1, -0.05) is 42.0 Å². The van der Waals surface area contributed by atoms with Crippen LogP contribution in [-0.4, -0.2) is 12.6 Å². The van der Waals surface area contributed by atoms with Gasteiger partial charge in [0.05, 0.1) is 0 Å². The molecule has 0 saturated carbocycles. The minimum Gasteiger partial charge on any atom is -0.338 e. The van der Waals surface area contributed by atoms with Crippen LogP contribution in [0.1, 0.15) is 16.7 Å². The van der Waals surface area contributed by atoms with E-state index in [2.05, 4.69) is 10.6 Å². The molecular weight excluding hydrogens is 279 g/mol. The maximum atomic E-state index is 13.0. The number of rotatable bonds is 5. The number of urea groups is 1. The van der Waals surface area contributed by atoms with Gasteiger partial charge in [-0.05, 0) is 42.7 Å². The zero-order chi connectivity index (χ0) is 15.8. The van der Waals surface area contributed by atoms with E-state index in [1.165, 1.54) is 17.7 Å². The molecule has 22 heavy (non-hydrogen) atoms. The SMILES string of the molecule is Cc1cccc(/C=C/NC(=O)NCCc2cccc(F)c2)c1. The number of carbonyl (C=O) groups excluding carboxylic acids is 1. The van der Waals surface area contributed by atoms with E-state index in [9.17, 15) is 9.18 Å². The number of amides is 2. The van der Waals surface area contributed by atoms with Gasteiger partial charge in [0.1, 0.15) is 5.82 Å². The second-order valence-corrected chi connectivity index (χ2v) is 5.03. The molecule has 0 atom stereocenters. The van der Waals surface area contributed by atoms with Crippen molar-refractivity contribution in [2.24, 2.45) is 0 Å². The molecule has 0 unspecified atom stereocenters. The van der Waals surface area contributed by atoms with Crippen LogP contribution in [-0.2, 0) is 6.42 Å². The number of carbonyl (C=O) groups is 1. The van der Waals surface area contributed by atoms with Crippen LogP contribution >= 0.6 is 0 Å². The van der Waals surface area contributed by atoms with Gasteiger partial charge in [-0.15, -0.1) is 0 Å². The van der Waals surface area contributed by atoms with E-state index in [-0.39, 0.29) is 11.8 Å². The highest BCUT2D eigenvalue weighted by molar-refractivity contribution is 5.75. The maximum Gasteiger partial charge on any atom is 0.318 e. The molecule has 4 heteroatoms. The van der Waals surface area contributed by atoms with Gasteiger partial charge in [-0.25, -0.2) is 9.18 Å². The summed E-state index contributed by atoms with van der Waals surface area (Å²) in [5, 5.41) is 5.37. The van der Waals surface area contributed by atoms with Crippen molar-refractivity contribution in [3.63, 3.8) is 0 Å². The molecule has 2 amide bonds. The molecule has 0 saturated heterocycles. The Labute approximate surface area is 129 Å². The van der Waals surface area contributed by atoms with Crippen LogP contribution in [0.2, 0.25) is 0 Å². The quantitative estimate of drug-likeness (QED) is 0.869. The van der Waals surface area contributed by atoms with Gasteiger partial charge >= 0.3 is 6.03 Å². The molecule has 0 heterocycles. The molecule has 0 aliphatic rings. The third-order valence-corrected chi connectivity index (χ3v) is 3.12. The smallest absolute Gasteiger partial charge is 0.318 e. The molecule has 3 nitrogen and oxygen atoms in total. The molecule has 2 aromatic carbocycles. The summed E-state index contributed by atoms with van der Waals surface area (Å²) in [6.45, 7) is 2.47. The van der Waals surface area contributed by atoms with Crippen molar-refractivity contribution in [3.05, 3.63) is 77.2 Å². The van der Waals surface area contributed by atoms with Crippen LogP contribution in [0.15, 0.2) is 54.7 Å². The minimum atomic E-state index is -0.277. The summed E-state index contributed by atoms with van der Waals surface area (Å²) in [6.07, 6.45) is 4.03. The van der Waals surface area contributed by atoms with E-state index < -0.39 is 0 Å². The first-order chi connectivity index (χ1) is 10.6. The van der Waals surface area contributed by atoms with Crippen LogP contribution in [0.3, 0.4) is 0 Å². The summed E-state index contributed by atoms with van der Waals surface area (Å²) in [6, 6.07) is 14.1. The van der Waals surface area contributed by atoms with Crippen LogP contribution in [0.5, 0.6) is 0 Å². The first kappa shape index (κ1) is 15.8. The Morgan fingerprint density at radius 1 is 1.18 bits per heavy atom. The van der Waals surface area contributed by atoms with Crippen molar-refractivity contribution in [2.75, 3.05) is 6.54 Å². The van der Waals surface area contributed by atoms with E-state index in [0.29, 0.717) is 13.0 Å². The van der Waals surface area contributed by atoms with Gasteiger partial charge in [-0.3, -0.25) is 0 Å². The normalized spacial score (nSPS) is 10.6. The fourth-order valence-electron chi connectivity index (χ4n) is 2.05. The molecule has 0 fully saturated rings. The number of aryl methyl sites for hydroxylation is 1. The molecule has 2 rings (SSSR count). The summed E-state index contributed by atoms with van der Waals surface area (Å²) in [7, 11) is 0. The van der Waals surface area contributed by atoms with Crippen LogP contribution in [0.25, 0.3) is 6.08 Å². The summed E-state index contributed by atoms with van der Waals surface area (Å²) in [5.74, 6) is -0.261. The predicted molar refractivity (Wildman–Crippen MR) is 86.9 cm³/mol. The van der Waals surface area contributed by atoms with E-state index in [1.807, 2.05) is 43.3 Å². The lowest BCUT2D eigenvalue weighted by atomic mass is 10.1. The summed E-state index contributed by atoms with van der Waals surface area (Å²) >= 11 is 0. The Morgan fingerprint density at radius 2 is 2.00 bits per heavy atom. The maximum absolute atomic E-state index is 13.0. The molecule has 0 bridgehead atoms. The average Bonchev–Trinajstić information content (AvgIpc) is 2.47. The number of hydrogen-bond donors (Lipinski definition) is 2. The first-order valence-corrected chi connectivity index (χ1v) is 7.15. The third-order valence-electron chi connectivity index (χ3n) is 3.12. The molecule has 114 valence electrons. The first-order valence-electron chi connectivity index (χ1n) is 7.15. The molecule has 0 spiro atoms. The molecule has 0 aliphatic carbocycles. The van der Waals surface area contributed by atoms with E-state index in [0.717, 1.165) is 11.1 Å². The summed E-state index contributed by atoms with van der Waals surface area (Å²) in [5.41, 5.74) is 3.05. The Balaban J connectivity index is 1.72. The average molecular weight is 298 g/mol. The Morgan fingerprint density at radius 3 is 2.77 bits per heavy atom. The lowest BCUT2D eigenvalue weighted by Gasteiger charge is -2.05. The standard InChI is InChI=1S/C18H19FN2O/c1-14-4-2-5-15(12-14)8-10-20-18(22)21-11-9-16-6-3-7-17(19)13-16/h2-8,10,12-13H,9,11H2,1H3,(H2,20,21,22)/b10-8+. The highest BCUT2D eigenvalue weighted by atomic mass is 19.1. The van der Waals surface area contributed by atoms with Crippen LogP contribution in [0.4, 0.5) is 9.18 Å². The number of halogens is 1. The lowest BCUT2D eigenvalue weighted by Crippen LogP contribution is -2.33. The van der Waals surface area contributed by atoms with Crippen molar-refractivity contribution in [1.29, 1.82) is 0 Å². The molecule has 0 radical (unpaired) electrons. The van der Waals surface area contributed by atoms with Crippen molar-refractivity contribution >= 4 is 12.1 Å². The monoisotopic (exact) mass is 298 g/mol. The third kappa shape index (κ3) is 5.40. The highest BCUT2D eigenvalue weighted by Crippen LogP contribution is 2.05. The van der Waals surface area contributed by atoms with Gasteiger partial charge in [0, 0.05) is 12.7 Å². The topological polar surface area (TPSA) is 41.1 Å². The number of benzene rings is 2. The fraction of sp³-hybridized carbons (Fsp3) is 0.167. The Hall–Kier alpha value is -2.62. The molecule has 2 aromatic rings. The largest absolute Gasteiger partial charge is 0.338 e. The Kier molecular flexibility index (Phi) is 5.72. The summed E-state index contributed by atoms with van der Waals surface area (Å²) < 4.78 is 13.0. The molecular formula is C18H19FN2O. The van der Waals surface area contributed by atoms with E-state index in [1.54, 1.807) is 12.3 Å². The molecule has 2 N–H and O–H groups in total. The van der Waals surface area contributed by atoms with Crippen molar-refractivity contribution in [1.82, 2.24) is 10.6 Å². The fourth-order valence-corrected chi connectivity index (χ4v) is 2.05. The molecule has 0 aromatic heterocycles. The predicted octanol–water partition coefficient (Wildman–Crippen LogP) is 3.65. The van der Waals surface area contributed by atoms with E-state index >= 15 is 0 Å². The van der Waals surface area contributed by atoms with Gasteiger partial charge in [0.25, 0.3) is 0 Å². The zero-order valence-electron chi connectivity index (χ0n) is 12.5. The van der Waals surface area contributed by atoms with Crippen LogP contribution in [0, 0.1) is 12.7 Å². The van der Waals surface area contributed by atoms with Gasteiger partial charge in [-0.2, -0.15) is 0 Å². The van der Waals surface area contributed by atoms with Gasteiger partial charge in [0.15, 0.2) is 0 Å². The molecule has 0 aliphatic heterocycles. The van der Waals surface area contributed by atoms with Crippen molar-refractivity contribution in [2.45, 2.75) is 13.3 Å². The second kappa shape index (κ2) is 7.98. The van der Waals surface area contributed by atoms with Crippen LogP contribution < -0.4 is 10.6 Å². The lowest BCUT2D eigenvalue weighted by molar-refractivity contribution is 0.244. The number of nitrogens with one attached hydrogen (secondary N) is 2. The minimum absolute atomic E-state index is 0.261. The summed E-state index contributed by atoms with van der Waals surface area (Å²) in [4.78, 5) is 11.6. The second-order valence-electron chi connectivity index (χ2n) is 5.03. The highest BCUT2D eigenvalue weighted by Gasteiger charge is 1.98. The van der Waals surface area contributed by atoms with Crippen molar-refractivity contribution in [3.8, 4) is 0 Å².